The quantitative estimate of drug-likeness (QED) is 0.805. The summed E-state index contributed by atoms with van der Waals surface area (Å²) in [5, 5.41) is 6.45. The smallest absolute Gasteiger partial charge is 0.264 e. The molecule has 2 aliphatic heterocycles. The number of hydrogen-bond acceptors (Lipinski definition) is 3. The van der Waals surface area contributed by atoms with Crippen molar-refractivity contribution in [3.8, 4) is 0 Å². The molecule has 20 heavy (non-hydrogen) atoms. The standard InChI is InChI=1S/C14H14ClN3O2/c15-9-4-1-3-8(7-9)11-13(19)17-12(18-14(11)20)10-5-2-6-16-10/h1,3-4,7,10-11,16H,2,5-6H2,(H,17,18,19,20). The number of benzene rings is 1. The molecule has 0 bridgehead atoms. The molecule has 1 aromatic rings. The lowest BCUT2D eigenvalue weighted by atomic mass is 9.95. The third-order valence-corrected chi connectivity index (χ3v) is 3.80. The van der Waals surface area contributed by atoms with Gasteiger partial charge in [0.2, 0.25) is 5.91 Å². The maximum atomic E-state index is 12.2. The first-order chi connectivity index (χ1) is 9.65. The summed E-state index contributed by atoms with van der Waals surface area (Å²) in [7, 11) is 0. The summed E-state index contributed by atoms with van der Waals surface area (Å²) >= 11 is 5.90. The second kappa shape index (κ2) is 5.34. The van der Waals surface area contributed by atoms with Gasteiger partial charge in [-0.3, -0.25) is 9.59 Å². The molecular formula is C14H14ClN3O2. The van der Waals surface area contributed by atoms with Crippen molar-refractivity contribution >= 4 is 29.3 Å². The fourth-order valence-corrected chi connectivity index (χ4v) is 2.78. The maximum Gasteiger partial charge on any atom is 0.264 e. The van der Waals surface area contributed by atoms with Crippen LogP contribution in [0.25, 0.3) is 0 Å². The van der Waals surface area contributed by atoms with E-state index in [2.05, 4.69) is 15.6 Å². The number of nitrogens with one attached hydrogen (secondary N) is 2. The molecule has 2 N–H and O–H groups in total. The Bertz CT molecular complexity index is 594. The van der Waals surface area contributed by atoms with Gasteiger partial charge in [0.25, 0.3) is 5.91 Å². The van der Waals surface area contributed by atoms with E-state index < -0.39 is 11.8 Å². The molecule has 2 unspecified atom stereocenters. The zero-order valence-corrected chi connectivity index (χ0v) is 11.5. The predicted molar refractivity (Wildman–Crippen MR) is 75.8 cm³/mol. The third-order valence-electron chi connectivity index (χ3n) is 3.56. The number of carbonyl (C=O) groups is 2. The molecule has 6 heteroatoms. The van der Waals surface area contributed by atoms with Crippen molar-refractivity contribution in [2.24, 2.45) is 4.99 Å². The molecule has 2 atom stereocenters. The Hall–Kier alpha value is -1.72. The summed E-state index contributed by atoms with van der Waals surface area (Å²) in [5.41, 5.74) is 0.571. The van der Waals surface area contributed by atoms with Gasteiger partial charge in [-0.1, -0.05) is 23.7 Å². The minimum absolute atomic E-state index is 0.0248. The number of carbonyl (C=O) groups excluding carboxylic acids is 2. The molecule has 104 valence electrons. The second-order valence-electron chi connectivity index (χ2n) is 4.96. The molecule has 0 radical (unpaired) electrons. The lowest BCUT2D eigenvalue weighted by molar-refractivity contribution is -0.129. The minimum atomic E-state index is -0.904. The van der Waals surface area contributed by atoms with Crippen LogP contribution in [0.1, 0.15) is 24.3 Å². The Balaban J connectivity index is 1.88. The van der Waals surface area contributed by atoms with Crippen molar-refractivity contribution in [1.82, 2.24) is 10.6 Å². The molecule has 5 nitrogen and oxygen atoms in total. The molecule has 1 saturated heterocycles. The average Bonchev–Trinajstić information content (AvgIpc) is 2.91. The van der Waals surface area contributed by atoms with Crippen LogP contribution in [0.4, 0.5) is 0 Å². The van der Waals surface area contributed by atoms with Crippen molar-refractivity contribution in [2.45, 2.75) is 24.8 Å². The van der Waals surface area contributed by atoms with E-state index in [1.54, 1.807) is 24.3 Å². The fourth-order valence-electron chi connectivity index (χ4n) is 2.58. The molecule has 2 amide bonds. The van der Waals surface area contributed by atoms with Crippen molar-refractivity contribution < 1.29 is 9.59 Å². The van der Waals surface area contributed by atoms with Gasteiger partial charge in [-0.25, -0.2) is 0 Å². The fraction of sp³-hybridized carbons (Fsp3) is 0.357. The summed E-state index contributed by atoms with van der Waals surface area (Å²) in [6.45, 7) is 0.880. The zero-order chi connectivity index (χ0) is 14.1. The highest BCUT2D eigenvalue weighted by molar-refractivity contribution is 6.30. The number of nitrogens with zero attached hydrogens (tertiary/aromatic N) is 1. The van der Waals surface area contributed by atoms with E-state index in [0.29, 0.717) is 16.4 Å². The molecular weight excluding hydrogens is 278 g/mol. The van der Waals surface area contributed by atoms with E-state index in [9.17, 15) is 9.59 Å². The highest BCUT2D eigenvalue weighted by atomic mass is 35.5. The lowest BCUT2D eigenvalue weighted by Gasteiger charge is -2.23. The molecule has 1 fully saturated rings. The first-order valence-corrected chi connectivity index (χ1v) is 6.95. The number of hydrogen-bond donors (Lipinski definition) is 2. The van der Waals surface area contributed by atoms with E-state index in [-0.39, 0.29) is 11.9 Å². The first kappa shape index (κ1) is 13.3. The van der Waals surface area contributed by atoms with E-state index in [0.717, 1.165) is 19.4 Å². The van der Waals surface area contributed by atoms with Gasteiger partial charge < -0.3 is 10.6 Å². The van der Waals surface area contributed by atoms with Gasteiger partial charge >= 0.3 is 0 Å². The number of amidine groups is 1. The van der Waals surface area contributed by atoms with Crippen LogP contribution < -0.4 is 10.6 Å². The highest BCUT2D eigenvalue weighted by Crippen LogP contribution is 2.24. The summed E-state index contributed by atoms with van der Waals surface area (Å²) in [6, 6.07) is 6.73. The van der Waals surface area contributed by atoms with Crippen molar-refractivity contribution in [3.05, 3.63) is 34.9 Å². The van der Waals surface area contributed by atoms with Crippen LogP contribution >= 0.6 is 11.6 Å². The molecule has 0 spiro atoms. The van der Waals surface area contributed by atoms with Crippen LogP contribution in [0, 0.1) is 0 Å². The predicted octanol–water partition coefficient (Wildman–Crippen LogP) is 1.23. The van der Waals surface area contributed by atoms with E-state index in [4.69, 9.17) is 11.6 Å². The van der Waals surface area contributed by atoms with E-state index in [1.165, 1.54) is 0 Å². The lowest BCUT2D eigenvalue weighted by Crippen LogP contribution is -2.50. The molecule has 0 saturated carbocycles. The van der Waals surface area contributed by atoms with Gasteiger partial charge in [-0.2, -0.15) is 4.99 Å². The van der Waals surface area contributed by atoms with Gasteiger partial charge in [0.1, 0.15) is 11.8 Å². The summed E-state index contributed by atoms with van der Waals surface area (Å²) in [5.74, 6) is -1.23. The Morgan fingerprint density at radius 2 is 2.15 bits per heavy atom. The van der Waals surface area contributed by atoms with Crippen molar-refractivity contribution in [3.63, 3.8) is 0 Å². The molecule has 0 aliphatic carbocycles. The maximum absolute atomic E-state index is 12.2. The number of halogens is 1. The van der Waals surface area contributed by atoms with Crippen LogP contribution in [-0.2, 0) is 9.59 Å². The topological polar surface area (TPSA) is 70.6 Å². The molecule has 2 aliphatic rings. The van der Waals surface area contributed by atoms with Gasteiger partial charge in [-0.15, -0.1) is 0 Å². The van der Waals surface area contributed by atoms with Crippen LogP contribution in [0.2, 0.25) is 5.02 Å². The number of amides is 2. The number of aliphatic imine (C=N–C) groups is 1. The van der Waals surface area contributed by atoms with Crippen molar-refractivity contribution in [1.29, 1.82) is 0 Å². The van der Waals surface area contributed by atoms with Gasteiger partial charge in [-0.05, 0) is 37.1 Å². The highest BCUT2D eigenvalue weighted by Gasteiger charge is 2.36. The molecule has 3 rings (SSSR count). The first-order valence-electron chi connectivity index (χ1n) is 6.57. The second-order valence-corrected chi connectivity index (χ2v) is 5.40. The summed E-state index contributed by atoms with van der Waals surface area (Å²) in [4.78, 5) is 28.4. The van der Waals surface area contributed by atoms with Gasteiger partial charge in [0.15, 0.2) is 0 Å². The van der Waals surface area contributed by atoms with Crippen LogP contribution in [-0.4, -0.2) is 30.2 Å². The SMILES string of the molecule is O=C1N=C(C2CCCN2)NC(=O)C1c1cccc(Cl)c1. The summed E-state index contributed by atoms with van der Waals surface area (Å²) in [6.07, 6.45) is 1.90. The average molecular weight is 292 g/mol. The number of rotatable bonds is 2. The molecule has 2 heterocycles. The monoisotopic (exact) mass is 291 g/mol. The van der Waals surface area contributed by atoms with E-state index in [1.807, 2.05) is 0 Å². The van der Waals surface area contributed by atoms with Crippen LogP contribution in [0.3, 0.4) is 0 Å². The van der Waals surface area contributed by atoms with Crippen LogP contribution in [0.15, 0.2) is 29.3 Å². The van der Waals surface area contributed by atoms with Crippen molar-refractivity contribution in [2.75, 3.05) is 6.54 Å². The normalized spacial score (nSPS) is 26.4. The van der Waals surface area contributed by atoms with Gasteiger partial charge in [0.05, 0.1) is 6.04 Å². The zero-order valence-electron chi connectivity index (χ0n) is 10.7. The third kappa shape index (κ3) is 2.46. The molecule has 1 aromatic carbocycles. The minimum Gasteiger partial charge on any atom is -0.312 e. The van der Waals surface area contributed by atoms with Crippen LogP contribution in [0.5, 0.6) is 0 Å². The molecule has 0 aromatic heterocycles. The largest absolute Gasteiger partial charge is 0.312 e. The van der Waals surface area contributed by atoms with Gasteiger partial charge in [0, 0.05) is 5.02 Å². The van der Waals surface area contributed by atoms with E-state index >= 15 is 0 Å². The Labute approximate surface area is 121 Å². The Morgan fingerprint density at radius 1 is 1.30 bits per heavy atom. The summed E-state index contributed by atoms with van der Waals surface area (Å²) < 4.78 is 0. The Morgan fingerprint density at radius 3 is 2.80 bits per heavy atom. The Kier molecular flexibility index (Phi) is 3.54.